The zero-order valence-corrected chi connectivity index (χ0v) is 12.1. The lowest BCUT2D eigenvalue weighted by Crippen LogP contribution is -1.96. The van der Waals surface area contributed by atoms with Gasteiger partial charge in [-0.25, -0.2) is 4.39 Å². The summed E-state index contributed by atoms with van der Waals surface area (Å²) in [5, 5.41) is 13.7. The van der Waals surface area contributed by atoms with Crippen LogP contribution in [0.4, 0.5) is 21.5 Å². The molecule has 0 heterocycles. The lowest BCUT2D eigenvalue weighted by molar-refractivity contribution is -0.385. The summed E-state index contributed by atoms with van der Waals surface area (Å²) in [6.07, 6.45) is 0. The molecule has 0 radical (unpaired) electrons. The van der Waals surface area contributed by atoms with Crippen LogP contribution in [0.3, 0.4) is 0 Å². The van der Waals surface area contributed by atoms with Crippen LogP contribution in [0, 0.1) is 26.4 Å². The normalized spacial score (nSPS) is 10.3. The highest BCUT2D eigenvalue weighted by atomic mass is 127. The van der Waals surface area contributed by atoms with Crippen molar-refractivity contribution in [1.29, 1.82) is 0 Å². The number of aryl methyl sites for hydroxylation is 1. The van der Waals surface area contributed by atoms with Gasteiger partial charge in [0.15, 0.2) is 0 Å². The van der Waals surface area contributed by atoms with Crippen LogP contribution in [-0.4, -0.2) is 4.92 Å². The average molecular weight is 372 g/mol. The summed E-state index contributed by atoms with van der Waals surface area (Å²) in [5.41, 5.74) is 1.86. The van der Waals surface area contributed by atoms with E-state index in [2.05, 4.69) is 27.9 Å². The van der Waals surface area contributed by atoms with Gasteiger partial charge in [0.1, 0.15) is 5.82 Å². The monoisotopic (exact) mass is 372 g/mol. The van der Waals surface area contributed by atoms with Crippen molar-refractivity contribution in [2.75, 3.05) is 5.32 Å². The fourth-order valence-corrected chi connectivity index (χ4v) is 2.13. The van der Waals surface area contributed by atoms with E-state index in [0.29, 0.717) is 5.69 Å². The van der Waals surface area contributed by atoms with Gasteiger partial charge in [0.05, 0.1) is 11.0 Å². The molecule has 0 aliphatic heterocycles. The van der Waals surface area contributed by atoms with Crippen molar-refractivity contribution >= 4 is 39.7 Å². The standard InChI is InChI=1S/C13H10FIN2O2/c1-8-2-3-10(15)6-13(8)16-11-4-9(14)5-12(7-11)17(18)19/h2-7,16H,1H3. The number of nitrogens with one attached hydrogen (secondary N) is 1. The molecule has 0 saturated carbocycles. The van der Waals surface area contributed by atoms with Crippen LogP contribution in [0.1, 0.15) is 5.56 Å². The minimum Gasteiger partial charge on any atom is -0.355 e. The molecule has 0 saturated heterocycles. The molecule has 1 N–H and O–H groups in total. The Labute approximate surface area is 122 Å². The second-order valence-corrected chi connectivity index (χ2v) is 5.29. The van der Waals surface area contributed by atoms with Gasteiger partial charge in [-0.15, -0.1) is 0 Å². The quantitative estimate of drug-likeness (QED) is 0.494. The van der Waals surface area contributed by atoms with Crippen molar-refractivity contribution in [2.45, 2.75) is 6.92 Å². The fourth-order valence-electron chi connectivity index (χ4n) is 1.64. The molecule has 98 valence electrons. The van der Waals surface area contributed by atoms with Crippen LogP contribution in [0.25, 0.3) is 0 Å². The second kappa shape index (κ2) is 5.52. The Morgan fingerprint density at radius 3 is 2.68 bits per heavy atom. The van der Waals surface area contributed by atoms with E-state index in [9.17, 15) is 14.5 Å². The SMILES string of the molecule is Cc1ccc(I)cc1Nc1cc(F)cc([N+](=O)[O-])c1. The van der Waals surface area contributed by atoms with E-state index in [-0.39, 0.29) is 5.69 Å². The van der Waals surface area contributed by atoms with E-state index in [0.717, 1.165) is 20.9 Å². The fraction of sp³-hybridized carbons (Fsp3) is 0.0769. The van der Waals surface area contributed by atoms with E-state index in [1.54, 1.807) is 0 Å². The predicted molar refractivity (Wildman–Crippen MR) is 80.2 cm³/mol. The van der Waals surface area contributed by atoms with Crippen molar-refractivity contribution in [3.63, 3.8) is 0 Å². The lowest BCUT2D eigenvalue weighted by atomic mass is 10.2. The molecule has 19 heavy (non-hydrogen) atoms. The van der Waals surface area contributed by atoms with Gasteiger partial charge in [0, 0.05) is 21.0 Å². The van der Waals surface area contributed by atoms with Gasteiger partial charge in [0.25, 0.3) is 5.69 Å². The van der Waals surface area contributed by atoms with Gasteiger partial charge < -0.3 is 5.32 Å². The number of non-ortho nitro benzene ring substituents is 1. The third-order valence-corrected chi connectivity index (χ3v) is 3.24. The smallest absolute Gasteiger partial charge is 0.274 e. The third-order valence-electron chi connectivity index (χ3n) is 2.57. The number of hydrogen-bond acceptors (Lipinski definition) is 3. The summed E-state index contributed by atoms with van der Waals surface area (Å²) < 4.78 is 14.3. The summed E-state index contributed by atoms with van der Waals surface area (Å²) >= 11 is 2.17. The highest BCUT2D eigenvalue weighted by Crippen LogP contribution is 2.26. The first-order valence-electron chi connectivity index (χ1n) is 5.44. The molecular weight excluding hydrogens is 362 g/mol. The van der Waals surface area contributed by atoms with Crippen molar-refractivity contribution in [1.82, 2.24) is 0 Å². The average Bonchev–Trinajstić information content (AvgIpc) is 2.33. The number of halogens is 2. The van der Waals surface area contributed by atoms with Crippen LogP contribution in [-0.2, 0) is 0 Å². The summed E-state index contributed by atoms with van der Waals surface area (Å²) in [5.74, 6) is -0.639. The number of benzene rings is 2. The highest BCUT2D eigenvalue weighted by molar-refractivity contribution is 14.1. The topological polar surface area (TPSA) is 55.2 Å². The number of nitrogens with zero attached hydrogens (tertiary/aromatic N) is 1. The largest absolute Gasteiger partial charge is 0.355 e. The molecule has 6 heteroatoms. The molecule has 0 fully saturated rings. The van der Waals surface area contributed by atoms with E-state index in [4.69, 9.17) is 0 Å². The molecule has 0 spiro atoms. The van der Waals surface area contributed by atoms with Crippen LogP contribution in [0.15, 0.2) is 36.4 Å². The van der Waals surface area contributed by atoms with Crippen LogP contribution < -0.4 is 5.32 Å². The Morgan fingerprint density at radius 2 is 2.00 bits per heavy atom. The molecule has 0 aromatic heterocycles. The first-order chi connectivity index (χ1) is 8.95. The Kier molecular flexibility index (Phi) is 3.98. The van der Waals surface area contributed by atoms with Crippen molar-refractivity contribution < 1.29 is 9.31 Å². The van der Waals surface area contributed by atoms with Crippen LogP contribution >= 0.6 is 22.6 Å². The van der Waals surface area contributed by atoms with Crippen molar-refractivity contribution in [3.05, 3.63) is 61.5 Å². The molecule has 2 rings (SSSR count). The molecule has 4 nitrogen and oxygen atoms in total. The highest BCUT2D eigenvalue weighted by Gasteiger charge is 2.10. The summed E-state index contributed by atoms with van der Waals surface area (Å²) in [7, 11) is 0. The van der Waals surface area contributed by atoms with Gasteiger partial charge in [-0.3, -0.25) is 10.1 Å². The molecular formula is C13H10FIN2O2. The minimum atomic E-state index is -0.639. The molecule has 0 unspecified atom stereocenters. The maximum Gasteiger partial charge on any atom is 0.274 e. The lowest BCUT2D eigenvalue weighted by Gasteiger charge is -2.10. The minimum absolute atomic E-state index is 0.272. The van der Waals surface area contributed by atoms with Gasteiger partial charge in [-0.05, 0) is 53.3 Å². The molecule has 0 aliphatic rings. The predicted octanol–water partition coefficient (Wildman–Crippen LogP) is 4.39. The first-order valence-corrected chi connectivity index (χ1v) is 6.52. The zero-order valence-electron chi connectivity index (χ0n) is 9.98. The number of anilines is 2. The van der Waals surface area contributed by atoms with Crippen LogP contribution in [0.5, 0.6) is 0 Å². The number of nitro benzene ring substituents is 1. The number of rotatable bonds is 3. The van der Waals surface area contributed by atoms with E-state index < -0.39 is 10.7 Å². The van der Waals surface area contributed by atoms with E-state index in [1.807, 2.05) is 25.1 Å². The molecule has 0 amide bonds. The summed E-state index contributed by atoms with van der Waals surface area (Å²) in [6, 6.07) is 9.21. The van der Waals surface area contributed by atoms with Gasteiger partial charge in [0.2, 0.25) is 0 Å². The molecule has 0 atom stereocenters. The van der Waals surface area contributed by atoms with E-state index in [1.165, 1.54) is 12.1 Å². The van der Waals surface area contributed by atoms with Crippen LogP contribution in [0.2, 0.25) is 0 Å². The Hall–Kier alpha value is -1.70. The van der Waals surface area contributed by atoms with Crippen molar-refractivity contribution in [3.8, 4) is 0 Å². The summed E-state index contributed by atoms with van der Waals surface area (Å²) in [4.78, 5) is 10.1. The Morgan fingerprint density at radius 1 is 1.26 bits per heavy atom. The van der Waals surface area contributed by atoms with Gasteiger partial charge in [-0.2, -0.15) is 0 Å². The number of nitro groups is 1. The second-order valence-electron chi connectivity index (χ2n) is 4.04. The summed E-state index contributed by atoms with van der Waals surface area (Å²) in [6.45, 7) is 1.91. The third kappa shape index (κ3) is 3.40. The molecule has 0 bridgehead atoms. The van der Waals surface area contributed by atoms with E-state index >= 15 is 0 Å². The Bertz CT molecular complexity index is 647. The number of hydrogen-bond donors (Lipinski definition) is 1. The zero-order chi connectivity index (χ0) is 14.0. The first kappa shape index (κ1) is 13.7. The maximum atomic E-state index is 13.3. The Balaban J connectivity index is 2.38. The van der Waals surface area contributed by atoms with Gasteiger partial charge in [-0.1, -0.05) is 6.07 Å². The molecule has 0 aliphatic carbocycles. The molecule has 2 aromatic rings. The molecule has 2 aromatic carbocycles. The van der Waals surface area contributed by atoms with Gasteiger partial charge >= 0.3 is 0 Å². The maximum absolute atomic E-state index is 13.3. The van der Waals surface area contributed by atoms with Crippen molar-refractivity contribution in [2.24, 2.45) is 0 Å².